The Balaban J connectivity index is 1.28. The van der Waals surface area contributed by atoms with E-state index in [1.54, 1.807) is 0 Å². The van der Waals surface area contributed by atoms with Gasteiger partial charge in [-0.25, -0.2) is 0 Å². The number of fused-ring (bicyclic) bond motifs is 12. The van der Waals surface area contributed by atoms with Crippen molar-refractivity contribution in [2.45, 2.75) is 24.7 Å². The van der Waals surface area contributed by atoms with Crippen LogP contribution in [0.3, 0.4) is 0 Å². The third-order valence-corrected chi connectivity index (χ3v) is 12.1. The molecule has 228 valence electrons. The van der Waals surface area contributed by atoms with Crippen molar-refractivity contribution < 1.29 is 0 Å². The van der Waals surface area contributed by atoms with E-state index < -0.39 is 5.41 Å². The summed E-state index contributed by atoms with van der Waals surface area (Å²) < 4.78 is 2.64. The van der Waals surface area contributed by atoms with Crippen molar-refractivity contribution in [3.63, 3.8) is 0 Å². The molecule has 0 saturated carbocycles. The third kappa shape index (κ3) is 3.61. The summed E-state index contributed by atoms with van der Waals surface area (Å²) in [7, 11) is 0. The highest BCUT2D eigenvalue weighted by Crippen LogP contribution is 2.62. The van der Waals surface area contributed by atoms with Crippen LogP contribution in [0.5, 0.6) is 0 Å². The lowest BCUT2D eigenvalue weighted by molar-refractivity contribution is 0.563. The van der Waals surface area contributed by atoms with Crippen LogP contribution in [0.15, 0.2) is 164 Å². The molecule has 7 aromatic carbocycles. The van der Waals surface area contributed by atoms with Gasteiger partial charge in [-0.2, -0.15) is 0 Å². The van der Waals surface area contributed by atoms with Crippen LogP contribution in [0.2, 0.25) is 0 Å². The molecule has 48 heavy (non-hydrogen) atoms. The fourth-order valence-corrected chi connectivity index (χ4v) is 9.95. The van der Waals surface area contributed by atoms with Gasteiger partial charge in [0.25, 0.3) is 0 Å². The van der Waals surface area contributed by atoms with E-state index in [4.69, 9.17) is 0 Å². The Kier molecular flexibility index (Phi) is 5.78. The first-order valence-electron chi connectivity index (χ1n) is 16.8. The number of hydrogen-bond acceptors (Lipinski definition) is 2. The van der Waals surface area contributed by atoms with Gasteiger partial charge in [0.05, 0.1) is 5.41 Å². The largest absolute Gasteiger partial charge is 0.310 e. The lowest BCUT2D eigenvalue weighted by atomic mass is 9.55. The molecule has 1 nitrogen and oxygen atoms in total. The van der Waals surface area contributed by atoms with Crippen LogP contribution in [0.25, 0.3) is 31.3 Å². The molecule has 2 aliphatic rings. The molecule has 2 heteroatoms. The fraction of sp³-hybridized carbons (Fsp3) is 0.0870. The van der Waals surface area contributed by atoms with Crippen molar-refractivity contribution in [1.82, 2.24) is 0 Å². The van der Waals surface area contributed by atoms with Gasteiger partial charge in [0.15, 0.2) is 0 Å². The van der Waals surface area contributed by atoms with Gasteiger partial charge in [-0.1, -0.05) is 129 Å². The third-order valence-electron chi connectivity index (χ3n) is 10.9. The van der Waals surface area contributed by atoms with Gasteiger partial charge in [-0.3, -0.25) is 0 Å². The molecule has 0 bridgehead atoms. The lowest BCUT2D eigenvalue weighted by Crippen LogP contribution is -2.40. The van der Waals surface area contributed by atoms with Crippen molar-refractivity contribution in [2.75, 3.05) is 4.90 Å². The van der Waals surface area contributed by atoms with Crippen molar-refractivity contribution in [3.05, 3.63) is 197 Å². The highest BCUT2D eigenvalue weighted by atomic mass is 32.1. The van der Waals surface area contributed by atoms with Gasteiger partial charge in [0.1, 0.15) is 0 Å². The maximum absolute atomic E-state index is 2.49. The molecule has 0 radical (unpaired) electrons. The van der Waals surface area contributed by atoms with E-state index in [0.29, 0.717) is 0 Å². The Hall–Kier alpha value is -5.44. The van der Waals surface area contributed by atoms with E-state index in [1.807, 2.05) is 11.3 Å². The summed E-state index contributed by atoms with van der Waals surface area (Å²) in [4.78, 5) is 2.44. The van der Waals surface area contributed by atoms with Crippen LogP contribution in [0.1, 0.15) is 47.2 Å². The van der Waals surface area contributed by atoms with E-state index in [9.17, 15) is 0 Å². The predicted octanol–water partition coefficient (Wildman–Crippen LogP) is 12.5. The zero-order valence-electron chi connectivity index (χ0n) is 26.9. The maximum Gasteiger partial charge on any atom is 0.0720 e. The summed E-state index contributed by atoms with van der Waals surface area (Å²) in [5, 5.41) is 2.62. The summed E-state index contributed by atoms with van der Waals surface area (Å²) in [6.07, 6.45) is 0. The molecule has 0 atom stereocenters. The van der Waals surface area contributed by atoms with Crippen LogP contribution in [-0.4, -0.2) is 0 Å². The van der Waals surface area contributed by atoms with E-state index in [-0.39, 0.29) is 5.41 Å². The van der Waals surface area contributed by atoms with Crippen LogP contribution in [-0.2, 0) is 10.8 Å². The second-order valence-corrected chi connectivity index (χ2v) is 14.8. The second kappa shape index (κ2) is 10.0. The summed E-state index contributed by atoms with van der Waals surface area (Å²) >= 11 is 1.87. The Morgan fingerprint density at radius 1 is 0.396 bits per heavy atom. The molecule has 0 N–H and O–H groups in total. The van der Waals surface area contributed by atoms with Gasteiger partial charge in [-0.15, -0.1) is 11.3 Å². The molecular weight excluding hydrogens is 599 g/mol. The van der Waals surface area contributed by atoms with Gasteiger partial charge < -0.3 is 4.90 Å². The van der Waals surface area contributed by atoms with Crippen molar-refractivity contribution in [1.29, 1.82) is 0 Å². The van der Waals surface area contributed by atoms with E-state index in [1.165, 1.54) is 64.7 Å². The average Bonchev–Trinajstić information content (AvgIpc) is 3.65. The zero-order valence-corrected chi connectivity index (χ0v) is 27.8. The van der Waals surface area contributed by atoms with E-state index >= 15 is 0 Å². The molecule has 0 aliphatic heterocycles. The minimum atomic E-state index is -0.430. The maximum atomic E-state index is 2.49. The summed E-state index contributed by atoms with van der Waals surface area (Å²) in [5.74, 6) is 0. The smallest absolute Gasteiger partial charge is 0.0720 e. The van der Waals surface area contributed by atoms with Gasteiger partial charge in [0.2, 0.25) is 0 Å². The molecule has 0 unspecified atom stereocenters. The van der Waals surface area contributed by atoms with Crippen LogP contribution in [0.4, 0.5) is 17.1 Å². The summed E-state index contributed by atoms with van der Waals surface area (Å²) in [5.41, 5.74) is 13.8. The Morgan fingerprint density at radius 2 is 0.938 bits per heavy atom. The second-order valence-electron chi connectivity index (χ2n) is 13.7. The standard InChI is InChI=1S/C46H33NS/c1-45(2)38-19-9-11-21-40(38)46(41-22-12-10-20-39(41)45)37-18-8-6-16-33(37)34-26-24-32(29-42(34)46)47(30-14-4-3-5-15-30)31-25-27-44-36(28-31)35-17-7-13-23-43(35)48-44/h3-29H,1-2H3. The summed E-state index contributed by atoms with van der Waals surface area (Å²) in [6, 6.07) is 61.2. The van der Waals surface area contributed by atoms with Gasteiger partial charge >= 0.3 is 0 Å². The number of rotatable bonds is 3. The molecular formula is C46H33NS. The first kappa shape index (κ1) is 27.7. The van der Waals surface area contributed by atoms with E-state index in [0.717, 1.165) is 17.1 Å². The number of hydrogen-bond donors (Lipinski definition) is 0. The normalized spacial score (nSPS) is 14.8. The van der Waals surface area contributed by atoms with Gasteiger partial charge in [-0.05, 0) is 93.0 Å². The molecule has 10 rings (SSSR count). The molecule has 2 aliphatic carbocycles. The Labute approximate surface area is 285 Å². The monoisotopic (exact) mass is 631 g/mol. The summed E-state index contributed by atoms with van der Waals surface area (Å²) in [6.45, 7) is 4.77. The molecule has 1 heterocycles. The Bertz CT molecular complexity index is 2500. The van der Waals surface area contributed by atoms with Crippen molar-refractivity contribution in [2.24, 2.45) is 0 Å². The molecule has 1 spiro atoms. The highest BCUT2D eigenvalue weighted by Gasteiger charge is 2.53. The molecule has 8 aromatic rings. The molecule has 0 amide bonds. The SMILES string of the molecule is CC1(C)c2ccccc2C2(c3ccccc3-c3ccc(N(c4ccccc4)c4ccc5sc6ccccc6c5c4)cc32)c2ccccc21. The molecule has 0 fully saturated rings. The number of para-hydroxylation sites is 1. The number of nitrogens with zero attached hydrogens (tertiary/aromatic N) is 1. The predicted molar refractivity (Wildman–Crippen MR) is 203 cm³/mol. The minimum absolute atomic E-state index is 0.122. The Morgan fingerprint density at radius 3 is 1.69 bits per heavy atom. The number of anilines is 3. The van der Waals surface area contributed by atoms with Gasteiger partial charge in [0, 0.05) is 42.6 Å². The first-order chi connectivity index (χ1) is 23.6. The first-order valence-corrected chi connectivity index (χ1v) is 17.6. The quantitative estimate of drug-likeness (QED) is 0.188. The minimum Gasteiger partial charge on any atom is -0.310 e. The van der Waals surface area contributed by atoms with E-state index in [2.05, 4.69) is 183 Å². The van der Waals surface area contributed by atoms with Crippen LogP contribution >= 0.6 is 11.3 Å². The molecule has 1 aromatic heterocycles. The number of benzene rings is 7. The van der Waals surface area contributed by atoms with Crippen LogP contribution < -0.4 is 4.90 Å². The van der Waals surface area contributed by atoms with Crippen molar-refractivity contribution in [3.8, 4) is 11.1 Å². The fourth-order valence-electron chi connectivity index (χ4n) is 8.86. The number of thiophene rings is 1. The van der Waals surface area contributed by atoms with Crippen LogP contribution in [0, 0.1) is 0 Å². The van der Waals surface area contributed by atoms with Crippen molar-refractivity contribution >= 4 is 48.6 Å². The average molecular weight is 632 g/mol. The lowest BCUT2D eigenvalue weighted by Gasteiger charge is -2.46. The molecule has 0 saturated heterocycles. The highest BCUT2D eigenvalue weighted by molar-refractivity contribution is 7.25. The topological polar surface area (TPSA) is 3.24 Å². The zero-order chi connectivity index (χ0) is 32.0.